The van der Waals surface area contributed by atoms with Gasteiger partial charge in [-0.3, -0.25) is 9.59 Å². The molecule has 2 amide bonds. The van der Waals surface area contributed by atoms with E-state index in [9.17, 15) is 9.59 Å². The van der Waals surface area contributed by atoms with E-state index >= 15 is 0 Å². The molecular formula is C17H21N3O3. The molecule has 0 saturated carbocycles. The number of hydrogen-bond donors (Lipinski definition) is 0. The summed E-state index contributed by atoms with van der Waals surface area (Å²) in [7, 11) is 3.52. The van der Waals surface area contributed by atoms with Crippen LogP contribution in [0.2, 0.25) is 0 Å². The lowest BCUT2D eigenvalue weighted by molar-refractivity contribution is -0.130. The van der Waals surface area contributed by atoms with E-state index in [4.69, 9.17) is 4.74 Å². The van der Waals surface area contributed by atoms with E-state index in [2.05, 4.69) is 0 Å². The summed E-state index contributed by atoms with van der Waals surface area (Å²) in [5, 5.41) is 1.01. The number of carbonyl (C=O) groups excluding carboxylic acids is 2. The first-order valence-corrected chi connectivity index (χ1v) is 7.69. The molecule has 6 nitrogen and oxygen atoms in total. The molecule has 3 rings (SSSR count). The van der Waals surface area contributed by atoms with Crippen LogP contribution in [0.5, 0.6) is 5.75 Å². The minimum Gasteiger partial charge on any atom is -0.497 e. The van der Waals surface area contributed by atoms with Crippen molar-refractivity contribution >= 4 is 22.7 Å². The summed E-state index contributed by atoms with van der Waals surface area (Å²) in [5.41, 5.74) is 1.62. The highest BCUT2D eigenvalue weighted by Crippen LogP contribution is 2.24. The summed E-state index contributed by atoms with van der Waals surface area (Å²) in [6.45, 7) is 3.90. The fourth-order valence-electron chi connectivity index (χ4n) is 3.03. The van der Waals surface area contributed by atoms with Crippen LogP contribution in [0.15, 0.2) is 24.3 Å². The van der Waals surface area contributed by atoms with E-state index in [1.54, 1.807) is 18.9 Å². The van der Waals surface area contributed by atoms with Crippen molar-refractivity contribution in [3.05, 3.63) is 30.0 Å². The van der Waals surface area contributed by atoms with Gasteiger partial charge in [0.15, 0.2) is 0 Å². The number of methoxy groups -OCH3 is 1. The molecule has 122 valence electrons. The third-order valence-electron chi connectivity index (χ3n) is 4.48. The van der Waals surface area contributed by atoms with Gasteiger partial charge in [-0.1, -0.05) is 0 Å². The van der Waals surface area contributed by atoms with E-state index in [1.165, 1.54) is 0 Å². The number of carbonyl (C=O) groups is 2. The van der Waals surface area contributed by atoms with Gasteiger partial charge in [-0.05, 0) is 18.2 Å². The zero-order valence-electron chi connectivity index (χ0n) is 13.7. The molecule has 0 N–H and O–H groups in total. The van der Waals surface area contributed by atoms with Gasteiger partial charge in [-0.25, -0.2) is 0 Å². The molecule has 1 saturated heterocycles. The van der Waals surface area contributed by atoms with Gasteiger partial charge in [-0.15, -0.1) is 0 Å². The number of ether oxygens (including phenoxy) is 1. The van der Waals surface area contributed by atoms with E-state index < -0.39 is 0 Å². The first-order valence-electron chi connectivity index (χ1n) is 7.69. The molecule has 0 atom stereocenters. The van der Waals surface area contributed by atoms with Crippen LogP contribution in [0.1, 0.15) is 17.4 Å². The minimum absolute atomic E-state index is 0.00543. The average molecular weight is 315 g/mol. The Bertz CT molecular complexity index is 758. The Morgan fingerprint density at radius 2 is 1.70 bits per heavy atom. The zero-order valence-corrected chi connectivity index (χ0v) is 13.7. The maximum Gasteiger partial charge on any atom is 0.270 e. The number of nitrogens with zero attached hydrogens (tertiary/aromatic N) is 3. The SMILES string of the molecule is COc1ccc2cc(C(=O)N3CCN(C(C)=O)CC3)n(C)c2c1. The summed E-state index contributed by atoms with van der Waals surface area (Å²) in [6.07, 6.45) is 0. The zero-order chi connectivity index (χ0) is 16.6. The molecular weight excluding hydrogens is 294 g/mol. The molecule has 0 radical (unpaired) electrons. The van der Waals surface area contributed by atoms with Crippen LogP contribution in [0.4, 0.5) is 0 Å². The lowest BCUT2D eigenvalue weighted by Crippen LogP contribution is -2.50. The summed E-state index contributed by atoms with van der Waals surface area (Å²) >= 11 is 0. The number of rotatable bonds is 2. The predicted octanol–water partition coefficient (Wildman–Crippen LogP) is 1.49. The Hall–Kier alpha value is -2.50. The second-order valence-electron chi connectivity index (χ2n) is 5.81. The Morgan fingerprint density at radius 1 is 1.04 bits per heavy atom. The van der Waals surface area contributed by atoms with E-state index in [-0.39, 0.29) is 11.8 Å². The highest BCUT2D eigenvalue weighted by molar-refractivity contribution is 5.99. The van der Waals surface area contributed by atoms with E-state index in [0.29, 0.717) is 31.9 Å². The Morgan fingerprint density at radius 3 is 2.30 bits per heavy atom. The molecule has 6 heteroatoms. The normalized spacial score (nSPS) is 15.1. The number of benzene rings is 1. The summed E-state index contributed by atoms with van der Waals surface area (Å²) < 4.78 is 7.15. The maximum atomic E-state index is 12.8. The molecule has 1 aromatic heterocycles. The molecule has 1 aliphatic rings. The highest BCUT2D eigenvalue weighted by atomic mass is 16.5. The third-order valence-corrected chi connectivity index (χ3v) is 4.48. The predicted molar refractivity (Wildman–Crippen MR) is 87.6 cm³/mol. The maximum absolute atomic E-state index is 12.8. The van der Waals surface area contributed by atoms with Gasteiger partial charge in [0.1, 0.15) is 11.4 Å². The molecule has 1 fully saturated rings. The van der Waals surface area contributed by atoms with Gasteiger partial charge < -0.3 is 19.1 Å². The lowest BCUT2D eigenvalue weighted by atomic mass is 10.2. The van der Waals surface area contributed by atoms with Gasteiger partial charge >= 0.3 is 0 Å². The van der Waals surface area contributed by atoms with Crippen LogP contribution in [-0.2, 0) is 11.8 Å². The number of fused-ring (bicyclic) bond motifs is 1. The molecule has 2 heterocycles. The highest BCUT2D eigenvalue weighted by Gasteiger charge is 2.25. The van der Waals surface area contributed by atoms with Crippen molar-refractivity contribution in [2.24, 2.45) is 7.05 Å². The van der Waals surface area contributed by atoms with Crippen molar-refractivity contribution in [3.8, 4) is 5.75 Å². The van der Waals surface area contributed by atoms with Crippen molar-refractivity contribution in [2.45, 2.75) is 6.92 Å². The van der Waals surface area contributed by atoms with E-state index in [0.717, 1.165) is 16.7 Å². The fraction of sp³-hybridized carbons (Fsp3) is 0.412. The van der Waals surface area contributed by atoms with Crippen molar-refractivity contribution in [2.75, 3.05) is 33.3 Å². The number of piperazine rings is 1. The Kier molecular flexibility index (Phi) is 3.98. The topological polar surface area (TPSA) is 54.8 Å². The number of aryl methyl sites for hydroxylation is 1. The molecule has 1 aliphatic heterocycles. The first-order chi connectivity index (χ1) is 11.0. The van der Waals surface area contributed by atoms with Crippen molar-refractivity contribution in [1.82, 2.24) is 14.4 Å². The van der Waals surface area contributed by atoms with Gasteiger partial charge in [0.05, 0.1) is 12.6 Å². The average Bonchev–Trinajstić information content (AvgIpc) is 2.90. The quantitative estimate of drug-likeness (QED) is 0.844. The van der Waals surface area contributed by atoms with E-state index in [1.807, 2.05) is 40.8 Å². The van der Waals surface area contributed by atoms with Crippen LogP contribution in [-0.4, -0.2) is 59.5 Å². The number of hydrogen-bond acceptors (Lipinski definition) is 3. The van der Waals surface area contributed by atoms with Crippen molar-refractivity contribution in [1.29, 1.82) is 0 Å². The van der Waals surface area contributed by atoms with Crippen LogP contribution in [0, 0.1) is 0 Å². The largest absolute Gasteiger partial charge is 0.497 e. The summed E-state index contributed by atoms with van der Waals surface area (Å²) in [5.74, 6) is 0.840. The molecule has 0 unspecified atom stereocenters. The van der Waals surface area contributed by atoms with Crippen LogP contribution < -0.4 is 4.74 Å². The Labute approximate surface area is 135 Å². The summed E-state index contributed by atoms with van der Waals surface area (Å²) in [4.78, 5) is 27.8. The van der Waals surface area contributed by atoms with Gasteiger partial charge in [0, 0.05) is 51.6 Å². The summed E-state index contributed by atoms with van der Waals surface area (Å²) in [6, 6.07) is 7.69. The van der Waals surface area contributed by atoms with Crippen molar-refractivity contribution < 1.29 is 14.3 Å². The monoisotopic (exact) mass is 315 g/mol. The van der Waals surface area contributed by atoms with Gasteiger partial charge in [0.2, 0.25) is 5.91 Å². The fourth-order valence-corrected chi connectivity index (χ4v) is 3.03. The molecule has 0 aliphatic carbocycles. The Balaban J connectivity index is 1.84. The smallest absolute Gasteiger partial charge is 0.270 e. The number of aromatic nitrogens is 1. The van der Waals surface area contributed by atoms with Crippen molar-refractivity contribution in [3.63, 3.8) is 0 Å². The van der Waals surface area contributed by atoms with Crippen LogP contribution in [0.25, 0.3) is 10.9 Å². The van der Waals surface area contributed by atoms with Gasteiger partial charge in [-0.2, -0.15) is 0 Å². The molecule has 0 spiro atoms. The molecule has 2 aromatic rings. The van der Waals surface area contributed by atoms with Crippen LogP contribution >= 0.6 is 0 Å². The standard InChI is InChI=1S/C17H21N3O3/c1-12(21)19-6-8-20(9-7-19)17(22)16-10-13-4-5-14(23-3)11-15(13)18(16)2/h4-5,10-11H,6-9H2,1-3H3. The number of amides is 2. The minimum atomic E-state index is 0.00543. The molecule has 0 bridgehead atoms. The lowest BCUT2D eigenvalue weighted by Gasteiger charge is -2.34. The second-order valence-corrected chi connectivity index (χ2v) is 5.81. The molecule has 23 heavy (non-hydrogen) atoms. The van der Waals surface area contributed by atoms with Gasteiger partial charge in [0.25, 0.3) is 5.91 Å². The first kappa shape index (κ1) is 15.4. The molecule has 1 aromatic carbocycles. The third kappa shape index (κ3) is 2.76. The second kappa shape index (κ2) is 5.95. The van der Waals surface area contributed by atoms with Crippen LogP contribution in [0.3, 0.4) is 0 Å².